The highest BCUT2D eigenvalue weighted by atomic mass is 32.2. The Morgan fingerprint density at radius 2 is 1.95 bits per heavy atom. The van der Waals surface area contributed by atoms with Gasteiger partial charge in [0.1, 0.15) is 47.9 Å². The van der Waals surface area contributed by atoms with Crippen LogP contribution in [-0.4, -0.2) is 79.2 Å². The average Bonchev–Trinajstić information content (AvgIpc) is 3.35. The Balaban J connectivity index is 1.47. The number of aliphatic imine (C=N–C) groups is 1. The SMILES string of the molecule is CCCCCCCC1=N[C@@H]2[C@@H](O[C@H](C)C(=O)N[C@@H](C)C=O)[C@@H]3O[C@H](Cc4ccc(OC)cc4)OC[C@H]3O[C@@H]2S1. The number of rotatable bonds is 14. The lowest BCUT2D eigenvalue weighted by atomic mass is 9.96. The molecule has 1 aromatic carbocycles. The van der Waals surface area contributed by atoms with Crippen molar-refractivity contribution in [1.29, 1.82) is 0 Å². The predicted octanol–water partition coefficient (Wildman–Crippen LogP) is 4.06. The van der Waals surface area contributed by atoms with E-state index >= 15 is 0 Å². The number of carbonyl (C=O) groups excluding carboxylic acids is 2. The number of hydrogen-bond acceptors (Lipinski definition) is 9. The van der Waals surface area contributed by atoms with Crippen molar-refractivity contribution in [3.05, 3.63) is 29.8 Å². The highest BCUT2D eigenvalue weighted by Crippen LogP contribution is 2.42. The van der Waals surface area contributed by atoms with Gasteiger partial charge in [0.2, 0.25) is 5.91 Å². The van der Waals surface area contributed by atoms with E-state index in [-0.39, 0.29) is 23.5 Å². The largest absolute Gasteiger partial charge is 0.497 e. The van der Waals surface area contributed by atoms with E-state index in [0.29, 0.717) is 19.3 Å². The van der Waals surface area contributed by atoms with E-state index in [1.54, 1.807) is 32.7 Å². The third kappa shape index (κ3) is 8.04. The molecule has 0 spiro atoms. The molecule has 3 aliphatic heterocycles. The van der Waals surface area contributed by atoms with Crippen LogP contribution in [0, 0.1) is 0 Å². The summed E-state index contributed by atoms with van der Waals surface area (Å²) >= 11 is 1.65. The van der Waals surface area contributed by atoms with Crippen molar-refractivity contribution in [3.8, 4) is 5.75 Å². The molecular formula is C29H42N2O7S. The van der Waals surface area contributed by atoms with Crippen molar-refractivity contribution in [2.75, 3.05) is 13.7 Å². The van der Waals surface area contributed by atoms with Crippen LogP contribution in [0.25, 0.3) is 0 Å². The van der Waals surface area contributed by atoms with Crippen LogP contribution in [-0.2, 0) is 35.0 Å². The maximum atomic E-state index is 12.7. The summed E-state index contributed by atoms with van der Waals surface area (Å²) in [4.78, 5) is 28.8. The average molecular weight is 563 g/mol. The van der Waals surface area contributed by atoms with Crippen molar-refractivity contribution in [2.24, 2.45) is 4.99 Å². The van der Waals surface area contributed by atoms with Gasteiger partial charge in [-0.15, -0.1) is 0 Å². The zero-order valence-electron chi connectivity index (χ0n) is 23.4. The van der Waals surface area contributed by atoms with Crippen molar-refractivity contribution >= 4 is 29.0 Å². The smallest absolute Gasteiger partial charge is 0.249 e. The fourth-order valence-corrected chi connectivity index (χ4v) is 6.33. The Bertz CT molecular complexity index is 975. The van der Waals surface area contributed by atoms with Crippen LogP contribution >= 0.6 is 11.8 Å². The van der Waals surface area contributed by atoms with E-state index in [4.69, 9.17) is 28.7 Å². The van der Waals surface area contributed by atoms with Crippen LogP contribution in [0.2, 0.25) is 0 Å². The van der Waals surface area contributed by atoms with Gasteiger partial charge in [0, 0.05) is 6.42 Å². The van der Waals surface area contributed by atoms with E-state index in [2.05, 4.69) is 12.2 Å². The maximum absolute atomic E-state index is 12.7. The molecule has 3 aliphatic rings. The molecule has 0 radical (unpaired) electrons. The van der Waals surface area contributed by atoms with Crippen molar-refractivity contribution in [2.45, 2.75) is 114 Å². The second kappa shape index (κ2) is 14.6. The first-order chi connectivity index (χ1) is 18.9. The third-order valence-electron chi connectivity index (χ3n) is 7.28. The molecule has 216 valence electrons. The first kappa shape index (κ1) is 30.0. The van der Waals surface area contributed by atoms with Crippen LogP contribution in [0.1, 0.15) is 64.9 Å². The van der Waals surface area contributed by atoms with Crippen molar-refractivity contribution in [1.82, 2.24) is 5.32 Å². The minimum Gasteiger partial charge on any atom is -0.497 e. The number of hydrogen-bond donors (Lipinski definition) is 1. The number of benzene rings is 1. The molecule has 8 atom stereocenters. The van der Waals surface area contributed by atoms with Gasteiger partial charge in [0.05, 0.1) is 24.8 Å². The summed E-state index contributed by atoms with van der Waals surface area (Å²) in [5, 5.41) is 3.74. The number of thioether (sulfide) groups is 1. The van der Waals surface area contributed by atoms with Gasteiger partial charge in [-0.25, -0.2) is 0 Å². The van der Waals surface area contributed by atoms with Crippen LogP contribution < -0.4 is 10.1 Å². The van der Waals surface area contributed by atoms with E-state index in [0.717, 1.165) is 29.2 Å². The Hall–Kier alpha value is -1.98. The summed E-state index contributed by atoms with van der Waals surface area (Å²) in [5.74, 6) is 0.445. The standard InChI is InChI=1S/C29H42N2O7S/c1-5-6-7-8-9-10-23-31-25-27(36-19(3)28(33)30-18(2)16-32)26-22(37-29(25)39-23)17-35-24(38-26)15-20-11-13-21(34-4)14-12-20/h11-14,16,18-19,22,24-27,29H,5-10,15,17H2,1-4H3,(H,30,33)/t18-,19+,22+,24+,25+,26+,27+,29+/m0/s1. The summed E-state index contributed by atoms with van der Waals surface area (Å²) in [6.45, 7) is 5.91. The second-order valence-corrected chi connectivity index (χ2v) is 11.6. The van der Waals surface area contributed by atoms with Crippen LogP contribution in [0.15, 0.2) is 29.3 Å². The lowest BCUT2D eigenvalue weighted by Gasteiger charge is -2.47. The highest BCUT2D eigenvalue weighted by Gasteiger charge is 2.53. The molecule has 0 saturated carbocycles. The number of nitrogens with zero attached hydrogens (tertiary/aromatic N) is 1. The summed E-state index contributed by atoms with van der Waals surface area (Å²) in [7, 11) is 1.64. The molecule has 1 N–H and O–H groups in total. The Morgan fingerprint density at radius 3 is 2.67 bits per heavy atom. The molecule has 0 aromatic heterocycles. The topological polar surface area (TPSA) is 105 Å². The van der Waals surface area contributed by atoms with Gasteiger partial charge in [-0.1, -0.05) is 56.5 Å². The molecule has 1 amide bonds. The van der Waals surface area contributed by atoms with Gasteiger partial charge in [-0.2, -0.15) is 0 Å². The zero-order chi connectivity index (χ0) is 27.8. The summed E-state index contributed by atoms with van der Waals surface area (Å²) in [6.07, 6.45) is 5.60. The fraction of sp³-hybridized carbons (Fsp3) is 0.690. The molecule has 3 heterocycles. The van der Waals surface area contributed by atoms with Gasteiger partial charge in [0.25, 0.3) is 0 Å². The second-order valence-electron chi connectivity index (χ2n) is 10.4. The Morgan fingerprint density at radius 1 is 1.18 bits per heavy atom. The van der Waals surface area contributed by atoms with Crippen LogP contribution in [0.3, 0.4) is 0 Å². The van der Waals surface area contributed by atoms with E-state index in [1.165, 1.54) is 25.7 Å². The van der Waals surface area contributed by atoms with Gasteiger partial charge < -0.3 is 33.8 Å². The molecule has 0 bridgehead atoms. The number of amides is 1. The number of carbonyl (C=O) groups is 2. The van der Waals surface area contributed by atoms with Crippen LogP contribution in [0.5, 0.6) is 5.75 Å². The van der Waals surface area contributed by atoms with Gasteiger partial charge in [-0.05, 0) is 44.4 Å². The van der Waals surface area contributed by atoms with Crippen molar-refractivity contribution < 1.29 is 33.3 Å². The number of methoxy groups -OCH3 is 1. The molecule has 4 rings (SSSR count). The van der Waals surface area contributed by atoms with Gasteiger partial charge in [0.15, 0.2) is 6.29 Å². The molecule has 2 saturated heterocycles. The summed E-state index contributed by atoms with van der Waals surface area (Å²) < 4.78 is 30.6. The zero-order valence-corrected chi connectivity index (χ0v) is 24.2. The van der Waals surface area contributed by atoms with Gasteiger partial charge in [-0.3, -0.25) is 9.79 Å². The number of aldehydes is 1. The first-order valence-electron chi connectivity index (χ1n) is 14.1. The van der Waals surface area contributed by atoms with E-state index in [9.17, 15) is 9.59 Å². The highest BCUT2D eigenvalue weighted by molar-refractivity contribution is 8.14. The first-order valence-corrected chi connectivity index (χ1v) is 15.0. The molecule has 0 aliphatic carbocycles. The molecular weight excluding hydrogens is 520 g/mol. The molecule has 2 fully saturated rings. The third-order valence-corrected chi connectivity index (χ3v) is 8.48. The van der Waals surface area contributed by atoms with Crippen LogP contribution in [0.4, 0.5) is 0 Å². The fourth-order valence-electron chi connectivity index (χ4n) is 5.07. The number of ether oxygens (including phenoxy) is 5. The minimum absolute atomic E-state index is 0.212. The number of nitrogens with one attached hydrogen (secondary N) is 1. The number of unbranched alkanes of at least 4 members (excludes halogenated alkanes) is 4. The summed E-state index contributed by atoms with van der Waals surface area (Å²) in [6, 6.07) is 6.92. The molecule has 1 aromatic rings. The monoisotopic (exact) mass is 562 g/mol. The quantitative estimate of drug-likeness (QED) is 0.268. The lowest BCUT2D eigenvalue weighted by Crippen LogP contribution is -2.62. The normalized spacial score (nSPS) is 29.5. The maximum Gasteiger partial charge on any atom is 0.249 e. The summed E-state index contributed by atoms with van der Waals surface area (Å²) in [5.41, 5.74) is 0.845. The molecule has 0 unspecified atom stereocenters. The van der Waals surface area contributed by atoms with Gasteiger partial charge >= 0.3 is 0 Å². The van der Waals surface area contributed by atoms with Crippen molar-refractivity contribution in [3.63, 3.8) is 0 Å². The number of fused-ring (bicyclic) bond motifs is 2. The lowest BCUT2D eigenvalue weighted by molar-refractivity contribution is -0.307. The molecule has 39 heavy (non-hydrogen) atoms. The minimum atomic E-state index is -0.790. The van der Waals surface area contributed by atoms with E-state index in [1.807, 2.05) is 24.3 Å². The molecule has 9 nitrogen and oxygen atoms in total. The van der Waals surface area contributed by atoms with E-state index < -0.39 is 30.6 Å². The Kier molecular flexibility index (Phi) is 11.2. The predicted molar refractivity (Wildman–Crippen MR) is 150 cm³/mol. The molecule has 10 heteroatoms. The Labute approximate surface area is 235 Å².